The molecule has 19 heavy (non-hydrogen) atoms. The molecular weight excluding hydrogens is 276 g/mol. The van der Waals surface area contributed by atoms with Crippen LogP contribution in [0.5, 0.6) is 0 Å². The van der Waals surface area contributed by atoms with Gasteiger partial charge < -0.3 is 10.2 Å². The number of nitrogens with one attached hydrogen (secondary N) is 1. The van der Waals surface area contributed by atoms with Crippen molar-refractivity contribution in [3.63, 3.8) is 0 Å². The zero-order valence-corrected chi connectivity index (χ0v) is 13.2. The Morgan fingerprint density at radius 2 is 2.00 bits per heavy atom. The van der Waals surface area contributed by atoms with Crippen molar-refractivity contribution in [3.05, 3.63) is 47.0 Å². The third-order valence-electron chi connectivity index (χ3n) is 2.73. The van der Waals surface area contributed by atoms with Crippen molar-refractivity contribution >= 4 is 28.9 Å². The van der Waals surface area contributed by atoms with Crippen molar-refractivity contribution in [1.82, 2.24) is 10.2 Å². The minimum absolute atomic E-state index is 0.769. The standard InChI is InChI=1S/C15H21ClN2S/c1-4-18(11-12(2)3)15(19)17-10-9-13-5-7-14(16)8-6-13/h5-8H,2,4,9-11H2,1,3H3,(H,17,19). The quantitative estimate of drug-likeness (QED) is 0.637. The molecule has 1 aromatic rings. The summed E-state index contributed by atoms with van der Waals surface area (Å²) in [6, 6.07) is 7.90. The Kier molecular flexibility index (Phi) is 6.89. The van der Waals surface area contributed by atoms with Gasteiger partial charge in [0.25, 0.3) is 0 Å². The second kappa shape index (κ2) is 8.18. The zero-order valence-electron chi connectivity index (χ0n) is 11.6. The summed E-state index contributed by atoms with van der Waals surface area (Å²) in [6.45, 7) is 10.5. The lowest BCUT2D eigenvalue weighted by molar-refractivity contribution is 0.467. The number of thiocarbonyl (C=S) groups is 1. The van der Waals surface area contributed by atoms with Gasteiger partial charge in [-0.2, -0.15) is 0 Å². The molecule has 0 radical (unpaired) electrons. The van der Waals surface area contributed by atoms with Gasteiger partial charge in [0.05, 0.1) is 0 Å². The predicted octanol–water partition coefficient (Wildman–Crippen LogP) is 3.66. The minimum Gasteiger partial charge on any atom is -0.362 e. The molecule has 0 aliphatic rings. The van der Waals surface area contributed by atoms with Gasteiger partial charge in [0, 0.05) is 24.7 Å². The Balaban J connectivity index is 2.37. The summed E-state index contributed by atoms with van der Waals surface area (Å²) in [7, 11) is 0. The van der Waals surface area contributed by atoms with Gasteiger partial charge in [-0.1, -0.05) is 35.9 Å². The monoisotopic (exact) mass is 296 g/mol. The fourth-order valence-electron chi connectivity index (χ4n) is 1.73. The average Bonchev–Trinajstić information content (AvgIpc) is 2.38. The molecule has 0 saturated heterocycles. The number of hydrogen-bond donors (Lipinski definition) is 1. The van der Waals surface area contributed by atoms with Crippen LogP contribution in [0.1, 0.15) is 19.4 Å². The van der Waals surface area contributed by atoms with Crippen LogP contribution < -0.4 is 5.32 Å². The van der Waals surface area contributed by atoms with E-state index in [4.69, 9.17) is 23.8 Å². The molecule has 0 fully saturated rings. The van der Waals surface area contributed by atoms with Crippen molar-refractivity contribution in [3.8, 4) is 0 Å². The summed E-state index contributed by atoms with van der Waals surface area (Å²) in [5, 5.41) is 4.85. The Labute approximate surface area is 126 Å². The molecule has 0 aliphatic heterocycles. The first kappa shape index (κ1) is 16.0. The molecule has 0 saturated carbocycles. The molecule has 0 amide bonds. The van der Waals surface area contributed by atoms with Crippen LogP contribution in [0, 0.1) is 0 Å². The first-order valence-corrected chi connectivity index (χ1v) is 7.23. The lowest BCUT2D eigenvalue weighted by Gasteiger charge is -2.24. The third kappa shape index (κ3) is 6.08. The Morgan fingerprint density at radius 1 is 1.37 bits per heavy atom. The highest BCUT2D eigenvalue weighted by Crippen LogP contribution is 2.09. The summed E-state index contributed by atoms with van der Waals surface area (Å²) in [4.78, 5) is 2.11. The highest BCUT2D eigenvalue weighted by Gasteiger charge is 2.06. The van der Waals surface area contributed by atoms with E-state index in [9.17, 15) is 0 Å². The largest absolute Gasteiger partial charge is 0.362 e. The molecule has 0 atom stereocenters. The van der Waals surface area contributed by atoms with E-state index >= 15 is 0 Å². The lowest BCUT2D eigenvalue weighted by atomic mass is 10.1. The summed E-state index contributed by atoms with van der Waals surface area (Å²) in [6.07, 6.45) is 0.932. The molecule has 0 aromatic heterocycles. The van der Waals surface area contributed by atoms with E-state index in [0.29, 0.717) is 0 Å². The van der Waals surface area contributed by atoms with Gasteiger partial charge >= 0.3 is 0 Å². The van der Waals surface area contributed by atoms with Crippen molar-refractivity contribution in [2.75, 3.05) is 19.6 Å². The van der Waals surface area contributed by atoms with E-state index in [1.165, 1.54) is 5.56 Å². The smallest absolute Gasteiger partial charge is 0.169 e. The Morgan fingerprint density at radius 3 is 2.53 bits per heavy atom. The second-order valence-electron chi connectivity index (χ2n) is 4.58. The molecule has 0 aliphatic carbocycles. The van der Waals surface area contributed by atoms with Gasteiger partial charge in [-0.15, -0.1) is 0 Å². The van der Waals surface area contributed by atoms with Crippen molar-refractivity contribution in [2.45, 2.75) is 20.3 Å². The van der Waals surface area contributed by atoms with Gasteiger partial charge in [-0.25, -0.2) is 0 Å². The number of hydrogen-bond acceptors (Lipinski definition) is 1. The molecule has 1 rings (SSSR count). The maximum Gasteiger partial charge on any atom is 0.169 e. The normalized spacial score (nSPS) is 10.1. The fraction of sp³-hybridized carbons (Fsp3) is 0.400. The fourth-order valence-corrected chi connectivity index (χ4v) is 2.15. The van der Waals surface area contributed by atoms with Gasteiger partial charge in [-0.05, 0) is 50.2 Å². The molecule has 2 nitrogen and oxygen atoms in total. The second-order valence-corrected chi connectivity index (χ2v) is 5.40. The minimum atomic E-state index is 0.769. The Hall–Kier alpha value is -1.06. The lowest BCUT2D eigenvalue weighted by Crippen LogP contribution is -2.41. The van der Waals surface area contributed by atoms with Crippen LogP contribution in [0.25, 0.3) is 0 Å². The molecular formula is C15H21ClN2S. The SMILES string of the molecule is C=C(C)CN(CC)C(=S)NCCc1ccc(Cl)cc1. The molecule has 0 bridgehead atoms. The van der Waals surface area contributed by atoms with E-state index in [2.05, 4.69) is 23.7 Å². The summed E-state index contributed by atoms with van der Waals surface area (Å²) in [5.41, 5.74) is 2.37. The van der Waals surface area contributed by atoms with Crippen LogP contribution in [-0.2, 0) is 6.42 Å². The molecule has 1 N–H and O–H groups in total. The van der Waals surface area contributed by atoms with E-state index in [1.54, 1.807) is 0 Å². The first-order valence-electron chi connectivity index (χ1n) is 6.44. The maximum atomic E-state index is 5.85. The number of halogens is 1. The average molecular weight is 297 g/mol. The molecule has 1 aromatic carbocycles. The van der Waals surface area contributed by atoms with E-state index in [1.807, 2.05) is 31.2 Å². The molecule has 4 heteroatoms. The molecule has 0 heterocycles. The number of likely N-dealkylation sites (N-methyl/N-ethyl adjacent to an activating group) is 1. The van der Waals surface area contributed by atoms with E-state index in [0.717, 1.165) is 41.8 Å². The van der Waals surface area contributed by atoms with Crippen LogP contribution in [0.3, 0.4) is 0 Å². The van der Waals surface area contributed by atoms with Crippen molar-refractivity contribution in [1.29, 1.82) is 0 Å². The third-order valence-corrected chi connectivity index (χ3v) is 3.39. The summed E-state index contributed by atoms with van der Waals surface area (Å²) >= 11 is 11.2. The van der Waals surface area contributed by atoms with Crippen LogP contribution in [0.15, 0.2) is 36.4 Å². The molecule has 0 unspecified atom stereocenters. The summed E-state index contributed by atoms with van der Waals surface area (Å²) < 4.78 is 0. The van der Waals surface area contributed by atoms with Crippen LogP contribution in [-0.4, -0.2) is 29.6 Å². The van der Waals surface area contributed by atoms with Gasteiger partial charge in [0.2, 0.25) is 0 Å². The number of nitrogens with zero attached hydrogens (tertiary/aromatic N) is 1. The van der Waals surface area contributed by atoms with Crippen LogP contribution >= 0.6 is 23.8 Å². The van der Waals surface area contributed by atoms with E-state index in [-0.39, 0.29) is 0 Å². The highest BCUT2D eigenvalue weighted by molar-refractivity contribution is 7.80. The first-order chi connectivity index (χ1) is 9.02. The van der Waals surface area contributed by atoms with Crippen LogP contribution in [0.2, 0.25) is 5.02 Å². The van der Waals surface area contributed by atoms with Crippen molar-refractivity contribution < 1.29 is 0 Å². The number of rotatable bonds is 6. The highest BCUT2D eigenvalue weighted by atomic mass is 35.5. The topological polar surface area (TPSA) is 15.3 Å². The number of benzene rings is 1. The van der Waals surface area contributed by atoms with Gasteiger partial charge in [0.1, 0.15) is 0 Å². The van der Waals surface area contributed by atoms with Crippen LogP contribution in [0.4, 0.5) is 0 Å². The molecule has 104 valence electrons. The van der Waals surface area contributed by atoms with Gasteiger partial charge in [0.15, 0.2) is 5.11 Å². The Bertz CT molecular complexity index is 428. The summed E-state index contributed by atoms with van der Waals surface area (Å²) in [5.74, 6) is 0. The van der Waals surface area contributed by atoms with Gasteiger partial charge in [-0.3, -0.25) is 0 Å². The van der Waals surface area contributed by atoms with Crippen molar-refractivity contribution in [2.24, 2.45) is 0 Å². The zero-order chi connectivity index (χ0) is 14.3. The predicted molar refractivity (Wildman–Crippen MR) is 87.8 cm³/mol. The molecule has 0 spiro atoms. The van der Waals surface area contributed by atoms with E-state index < -0.39 is 0 Å². The maximum absolute atomic E-state index is 5.85.